The highest BCUT2D eigenvalue weighted by Gasteiger charge is 2.10. The van der Waals surface area contributed by atoms with Crippen LogP contribution in [0.5, 0.6) is 0 Å². The van der Waals surface area contributed by atoms with Gasteiger partial charge in [-0.25, -0.2) is 0 Å². The van der Waals surface area contributed by atoms with E-state index < -0.39 is 0 Å². The molecular formula is C12H13NOS. The molecule has 0 aliphatic heterocycles. The Morgan fingerprint density at radius 3 is 2.60 bits per heavy atom. The molecule has 0 saturated carbocycles. The first-order valence-corrected chi connectivity index (χ1v) is 5.92. The second kappa shape index (κ2) is 6.26. The predicted octanol–water partition coefficient (Wildman–Crippen LogP) is 2.94. The first-order valence-electron chi connectivity index (χ1n) is 4.87. The smallest absolute Gasteiger partial charge is 0.121 e. The molecule has 0 bridgehead atoms. The van der Waals surface area contributed by atoms with Gasteiger partial charge in [0.2, 0.25) is 0 Å². The molecule has 0 aromatic heterocycles. The van der Waals surface area contributed by atoms with Crippen LogP contribution in [0.1, 0.15) is 29.7 Å². The number of nitriles is 1. The topological polar surface area (TPSA) is 40.9 Å². The van der Waals surface area contributed by atoms with Crippen molar-refractivity contribution in [2.75, 3.05) is 5.75 Å². The lowest BCUT2D eigenvalue weighted by Crippen LogP contribution is -1.95. The summed E-state index contributed by atoms with van der Waals surface area (Å²) in [5.41, 5.74) is 1.78. The van der Waals surface area contributed by atoms with Crippen molar-refractivity contribution in [2.45, 2.75) is 18.6 Å². The summed E-state index contributed by atoms with van der Waals surface area (Å²) in [5, 5.41) is 8.88. The number of rotatable bonds is 5. The van der Waals surface area contributed by atoms with E-state index in [4.69, 9.17) is 5.26 Å². The quantitative estimate of drug-likeness (QED) is 0.715. The fourth-order valence-electron chi connectivity index (χ4n) is 1.36. The van der Waals surface area contributed by atoms with Gasteiger partial charge in [-0.1, -0.05) is 19.1 Å². The maximum absolute atomic E-state index is 10.5. The third-order valence-corrected chi connectivity index (χ3v) is 3.29. The Morgan fingerprint density at radius 2 is 2.13 bits per heavy atom. The highest BCUT2D eigenvalue weighted by Crippen LogP contribution is 2.30. The predicted molar refractivity (Wildman–Crippen MR) is 62.7 cm³/mol. The lowest BCUT2D eigenvalue weighted by molar-refractivity contribution is -0.107. The number of benzene rings is 1. The fourth-order valence-corrected chi connectivity index (χ4v) is 2.33. The number of hydrogen-bond acceptors (Lipinski definition) is 3. The minimum atomic E-state index is 0.222. The minimum Gasteiger partial charge on any atom is -0.303 e. The van der Waals surface area contributed by atoms with Crippen LogP contribution in [0.3, 0.4) is 0 Å². The van der Waals surface area contributed by atoms with Crippen molar-refractivity contribution in [3.63, 3.8) is 0 Å². The van der Waals surface area contributed by atoms with Gasteiger partial charge in [-0.15, -0.1) is 0 Å². The molecule has 1 aromatic rings. The van der Waals surface area contributed by atoms with E-state index in [0.29, 0.717) is 12.0 Å². The molecule has 1 atom stereocenters. The Hall–Kier alpha value is -1.27. The number of thioether (sulfide) groups is 1. The van der Waals surface area contributed by atoms with Crippen LogP contribution in [0.15, 0.2) is 24.3 Å². The normalized spacial score (nSPS) is 11.7. The summed E-state index contributed by atoms with van der Waals surface area (Å²) in [6.45, 7) is 2.08. The SMILES string of the molecule is CCSC(CC=O)c1ccc(C#N)cc1. The van der Waals surface area contributed by atoms with Gasteiger partial charge >= 0.3 is 0 Å². The van der Waals surface area contributed by atoms with E-state index in [1.54, 1.807) is 23.9 Å². The van der Waals surface area contributed by atoms with Crippen LogP contribution in [-0.4, -0.2) is 12.0 Å². The van der Waals surface area contributed by atoms with Gasteiger partial charge in [-0.3, -0.25) is 0 Å². The summed E-state index contributed by atoms with van der Waals surface area (Å²) in [5.74, 6) is 0.985. The van der Waals surface area contributed by atoms with E-state index in [9.17, 15) is 4.79 Å². The van der Waals surface area contributed by atoms with Gasteiger partial charge < -0.3 is 4.79 Å². The number of carbonyl (C=O) groups is 1. The van der Waals surface area contributed by atoms with E-state index >= 15 is 0 Å². The second-order valence-electron chi connectivity index (χ2n) is 3.08. The van der Waals surface area contributed by atoms with Gasteiger partial charge in [0.05, 0.1) is 11.6 Å². The van der Waals surface area contributed by atoms with Gasteiger partial charge in [0.25, 0.3) is 0 Å². The minimum absolute atomic E-state index is 0.222. The highest BCUT2D eigenvalue weighted by molar-refractivity contribution is 7.99. The van der Waals surface area contributed by atoms with E-state index in [0.717, 1.165) is 17.6 Å². The van der Waals surface area contributed by atoms with Crippen LogP contribution in [0.4, 0.5) is 0 Å². The fraction of sp³-hybridized carbons (Fsp3) is 0.333. The summed E-state index contributed by atoms with van der Waals surface area (Å²) in [6.07, 6.45) is 1.48. The van der Waals surface area contributed by atoms with Crippen molar-refractivity contribution in [3.8, 4) is 6.07 Å². The number of hydrogen-bond donors (Lipinski definition) is 0. The molecule has 0 spiro atoms. The molecule has 2 nitrogen and oxygen atoms in total. The van der Waals surface area contributed by atoms with Gasteiger partial charge in [0.1, 0.15) is 6.29 Å². The maximum Gasteiger partial charge on any atom is 0.121 e. The third-order valence-electron chi connectivity index (χ3n) is 2.09. The molecule has 0 aliphatic rings. The molecule has 15 heavy (non-hydrogen) atoms. The standard InChI is InChI=1S/C12H13NOS/c1-2-15-12(7-8-14)11-5-3-10(9-13)4-6-11/h3-6,8,12H,2,7H2,1H3. The first-order chi connectivity index (χ1) is 7.31. The van der Waals surface area contributed by atoms with Gasteiger partial charge in [-0.05, 0) is 23.4 Å². The van der Waals surface area contributed by atoms with Crippen LogP contribution in [0.2, 0.25) is 0 Å². The molecule has 0 N–H and O–H groups in total. The van der Waals surface area contributed by atoms with E-state index in [1.807, 2.05) is 12.1 Å². The second-order valence-corrected chi connectivity index (χ2v) is 4.56. The first kappa shape index (κ1) is 11.8. The van der Waals surface area contributed by atoms with Crippen molar-refractivity contribution >= 4 is 18.0 Å². The molecule has 78 valence electrons. The van der Waals surface area contributed by atoms with Gasteiger partial charge in [-0.2, -0.15) is 17.0 Å². The van der Waals surface area contributed by atoms with E-state index in [2.05, 4.69) is 13.0 Å². The number of nitrogens with zero attached hydrogens (tertiary/aromatic N) is 1. The van der Waals surface area contributed by atoms with Crippen LogP contribution in [-0.2, 0) is 4.79 Å². The molecular weight excluding hydrogens is 206 g/mol. The molecule has 0 radical (unpaired) electrons. The number of carbonyl (C=O) groups excluding carboxylic acids is 1. The Balaban J connectivity index is 2.81. The number of aldehydes is 1. The largest absolute Gasteiger partial charge is 0.303 e. The molecule has 3 heteroatoms. The Morgan fingerprint density at radius 1 is 1.47 bits per heavy atom. The van der Waals surface area contributed by atoms with Gasteiger partial charge in [0.15, 0.2) is 0 Å². The average molecular weight is 219 g/mol. The molecule has 0 saturated heterocycles. The van der Waals surface area contributed by atoms with Crippen LogP contribution in [0, 0.1) is 11.3 Å². The molecule has 0 amide bonds. The molecule has 1 unspecified atom stereocenters. The zero-order valence-electron chi connectivity index (χ0n) is 8.64. The van der Waals surface area contributed by atoms with Gasteiger partial charge in [0, 0.05) is 11.7 Å². The summed E-state index contributed by atoms with van der Waals surface area (Å²) in [6, 6.07) is 9.52. The summed E-state index contributed by atoms with van der Waals surface area (Å²) >= 11 is 1.75. The molecule has 0 aliphatic carbocycles. The van der Waals surface area contributed by atoms with E-state index in [-0.39, 0.29) is 5.25 Å². The highest BCUT2D eigenvalue weighted by atomic mass is 32.2. The van der Waals surface area contributed by atoms with E-state index in [1.165, 1.54) is 0 Å². The monoisotopic (exact) mass is 219 g/mol. The Kier molecular flexibility index (Phi) is 4.92. The summed E-state index contributed by atoms with van der Waals surface area (Å²) in [7, 11) is 0. The lowest BCUT2D eigenvalue weighted by atomic mass is 10.1. The maximum atomic E-state index is 10.5. The van der Waals surface area contributed by atoms with Crippen LogP contribution < -0.4 is 0 Å². The van der Waals surface area contributed by atoms with Crippen molar-refractivity contribution in [3.05, 3.63) is 35.4 Å². The van der Waals surface area contributed by atoms with Crippen molar-refractivity contribution in [1.82, 2.24) is 0 Å². The summed E-state index contributed by atoms with van der Waals surface area (Å²) < 4.78 is 0. The zero-order chi connectivity index (χ0) is 11.1. The molecule has 1 aromatic carbocycles. The lowest BCUT2D eigenvalue weighted by Gasteiger charge is -2.12. The Labute approximate surface area is 94.3 Å². The van der Waals surface area contributed by atoms with Crippen molar-refractivity contribution < 1.29 is 4.79 Å². The molecule has 0 heterocycles. The summed E-state index contributed by atoms with van der Waals surface area (Å²) in [4.78, 5) is 10.5. The molecule has 1 rings (SSSR count). The third kappa shape index (κ3) is 3.41. The average Bonchev–Trinajstić information content (AvgIpc) is 2.29. The Bertz CT molecular complexity index is 353. The molecule has 0 fully saturated rings. The zero-order valence-corrected chi connectivity index (χ0v) is 9.46. The van der Waals surface area contributed by atoms with Crippen molar-refractivity contribution in [2.24, 2.45) is 0 Å². The van der Waals surface area contributed by atoms with Crippen molar-refractivity contribution in [1.29, 1.82) is 5.26 Å². The van der Waals surface area contributed by atoms with Crippen LogP contribution in [0.25, 0.3) is 0 Å². The van der Waals surface area contributed by atoms with Crippen LogP contribution >= 0.6 is 11.8 Å².